The van der Waals surface area contributed by atoms with Crippen molar-refractivity contribution >= 4 is 11.9 Å². The molecule has 1 aromatic carbocycles. The van der Waals surface area contributed by atoms with E-state index in [0.29, 0.717) is 5.69 Å². The van der Waals surface area contributed by atoms with E-state index in [-0.39, 0.29) is 17.3 Å². The van der Waals surface area contributed by atoms with Crippen molar-refractivity contribution in [2.75, 3.05) is 5.32 Å². The fourth-order valence-electron chi connectivity index (χ4n) is 1.41. The highest BCUT2D eigenvalue weighted by atomic mass is 16.4. The number of anilines is 1. The van der Waals surface area contributed by atoms with Crippen LogP contribution in [0.4, 0.5) is 6.01 Å². The van der Waals surface area contributed by atoms with E-state index in [1.165, 1.54) is 12.3 Å². The van der Waals surface area contributed by atoms with E-state index in [0.717, 1.165) is 5.56 Å². The number of hydrogen-bond acceptors (Lipinski definition) is 4. The molecule has 2 aromatic rings. The first-order valence-electron chi connectivity index (χ1n) is 5.09. The highest BCUT2D eigenvalue weighted by Crippen LogP contribution is 2.19. The number of nitrogens with one attached hydrogen (secondary N) is 1. The van der Waals surface area contributed by atoms with E-state index in [2.05, 4.69) is 10.3 Å². The molecule has 2 N–H and O–H groups in total. The molecule has 5 heteroatoms. The number of aromatic hydroxyl groups is 1. The van der Waals surface area contributed by atoms with Crippen LogP contribution in [0.15, 0.2) is 28.9 Å². The van der Waals surface area contributed by atoms with Crippen LogP contribution >= 0.6 is 0 Å². The SMILES string of the molecule is Cc1ccc(C(=O)Nc2nc(C)co2)c(O)c1. The Morgan fingerprint density at radius 3 is 2.76 bits per heavy atom. The minimum Gasteiger partial charge on any atom is -0.507 e. The van der Waals surface area contributed by atoms with Gasteiger partial charge in [0.15, 0.2) is 0 Å². The van der Waals surface area contributed by atoms with Crippen molar-refractivity contribution in [3.8, 4) is 5.75 Å². The van der Waals surface area contributed by atoms with Crippen LogP contribution in [0.1, 0.15) is 21.6 Å². The molecule has 88 valence electrons. The largest absolute Gasteiger partial charge is 0.507 e. The van der Waals surface area contributed by atoms with E-state index >= 15 is 0 Å². The summed E-state index contributed by atoms with van der Waals surface area (Å²) in [5.41, 5.74) is 1.74. The molecule has 0 atom stereocenters. The molecule has 0 fully saturated rings. The maximum absolute atomic E-state index is 11.8. The van der Waals surface area contributed by atoms with Gasteiger partial charge in [0.25, 0.3) is 5.91 Å². The van der Waals surface area contributed by atoms with Crippen LogP contribution in [-0.4, -0.2) is 16.0 Å². The summed E-state index contributed by atoms with van der Waals surface area (Å²) in [6, 6.07) is 4.94. The highest BCUT2D eigenvalue weighted by Gasteiger charge is 2.13. The fourth-order valence-corrected chi connectivity index (χ4v) is 1.41. The van der Waals surface area contributed by atoms with Gasteiger partial charge >= 0.3 is 6.01 Å². The molecule has 1 amide bonds. The van der Waals surface area contributed by atoms with E-state index in [1.54, 1.807) is 19.1 Å². The van der Waals surface area contributed by atoms with Gasteiger partial charge in [-0.3, -0.25) is 10.1 Å². The van der Waals surface area contributed by atoms with Crippen molar-refractivity contribution in [3.63, 3.8) is 0 Å². The molecule has 0 aliphatic heterocycles. The van der Waals surface area contributed by atoms with Gasteiger partial charge < -0.3 is 9.52 Å². The number of nitrogens with zero attached hydrogens (tertiary/aromatic N) is 1. The number of hydrogen-bond donors (Lipinski definition) is 2. The number of carbonyl (C=O) groups excluding carboxylic acids is 1. The van der Waals surface area contributed by atoms with Crippen LogP contribution in [-0.2, 0) is 0 Å². The number of phenols is 1. The first kappa shape index (κ1) is 11.2. The summed E-state index contributed by atoms with van der Waals surface area (Å²) in [5, 5.41) is 12.1. The van der Waals surface area contributed by atoms with E-state index in [9.17, 15) is 9.90 Å². The third-order valence-electron chi connectivity index (χ3n) is 2.24. The Kier molecular flexibility index (Phi) is 2.82. The van der Waals surface area contributed by atoms with Crippen LogP contribution in [0, 0.1) is 13.8 Å². The average Bonchev–Trinajstić information content (AvgIpc) is 2.63. The first-order valence-corrected chi connectivity index (χ1v) is 5.09. The lowest BCUT2D eigenvalue weighted by Crippen LogP contribution is -2.12. The molecule has 2 rings (SSSR count). The minimum absolute atomic E-state index is 0.0641. The number of rotatable bonds is 2. The predicted octanol–water partition coefficient (Wildman–Crippen LogP) is 2.25. The van der Waals surface area contributed by atoms with Crippen LogP contribution < -0.4 is 5.32 Å². The van der Waals surface area contributed by atoms with E-state index < -0.39 is 5.91 Å². The molecular formula is C12H12N2O3. The van der Waals surface area contributed by atoms with Gasteiger partial charge in [-0.05, 0) is 31.5 Å². The molecular weight excluding hydrogens is 220 g/mol. The maximum atomic E-state index is 11.8. The molecule has 5 nitrogen and oxygen atoms in total. The summed E-state index contributed by atoms with van der Waals surface area (Å²) < 4.78 is 5.00. The summed E-state index contributed by atoms with van der Waals surface area (Å²) in [7, 11) is 0. The van der Waals surface area contributed by atoms with Crippen molar-refractivity contribution in [3.05, 3.63) is 41.3 Å². The second kappa shape index (κ2) is 4.29. The normalized spacial score (nSPS) is 10.2. The van der Waals surface area contributed by atoms with Crippen molar-refractivity contribution in [1.82, 2.24) is 4.98 Å². The third-order valence-corrected chi connectivity index (χ3v) is 2.24. The lowest BCUT2D eigenvalue weighted by molar-refractivity contribution is 0.102. The maximum Gasteiger partial charge on any atom is 0.301 e. The Morgan fingerprint density at radius 2 is 2.18 bits per heavy atom. The van der Waals surface area contributed by atoms with Gasteiger partial charge in [-0.15, -0.1) is 0 Å². The number of benzene rings is 1. The second-order valence-electron chi connectivity index (χ2n) is 3.77. The van der Waals surface area contributed by atoms with Crippen LogP contribution in [0.25, 0.3) is 0 Å². The van der Waals surface area contributed by atoms with Gasteiger partial charge in [-0.1, -0.05) is 6.07 Å². The zero-order valence-corrected chi connectivity index (χ0v) is 9.52. The first-order chi connectivity index (χ1) is 8.06. The Labute approximate surface area is 98.1 Å². The summed E-state index contributed by atoms with van der Waals surface area (Å²) in [6.45, 7) is 3.58. The number of oxazole rings is 1. The van der Waals surface area contributed by atoms with Crippen molar-refractivity contribution in [2.45, 2.75) is 13.8 Å². The molecule has 1 heterocycles. The smallest absolute Gasteiger partial charge is 0.301 e. The number of amides is 1. The molecule has 0 aliphatic rings. The lowest BCUT2D eigenvalue weighted by atomic mass is 10.1. The topological polar surface area (TPSA) is 75.4 Å². The molecule has 0 saturated carbocycles. The fraction of sp³-hybridized carbons (Fsp3) is 0.167. The van der Waals surface area contributed by atoms with Crippen LogP contribution in [0.2, 0.25) is 0 Å². The summed E-state index contributed by atoms with van der Waals surface area (Å²) in [4.78, 5) is 15.7. The van der Waals surface area contributed by atoms with Gasteiger partial charge in [-0.2, -0.15) is 4.98 Å². The molecule has 1 aromatic heterocycles. The average molecular weight is 232 g/mol. The Bertz CT molecular complexity index is 561. The molecule has 0 spiro atoms. The zero-order valence-electron chi connectivity index (χ0n) is 9.52. The Hall–Kier alpha value is -2.30. The Morgan fingerprint density at radius 1 is 1.41 bits per heavy atom. The lowest BCUT2D eigenvalue weighted by Gasteiger charge is -2.04. The molecule has 0 saturated heterocycles. The monoisotopic (exact) mass is 232 g/mol. The van der Waals surface area contributed by atoms with Gasteiger partial charge in [0.2, 0.25) is 0 Å². The van der Waals surface area contributed by atoms with E-state index in [1.807, 2.05) is 6.92 Å². The summed E-state index contributed by atoms with van der Waals surface area (Å²) in [5.74, 6) is -0.518. The molecule has 0 bridgehead atoms. The Balaban J connectivity index is 2.20. The van der Waals surface area contributed by atoms with Crippen LogP contribution in [0.3, 0.4) is 0 Å². The summed E-state index contributed by atoms with van der Waals surface area (Å²) in [6.07, 6.45) is 1.44. The number of aromatic nitrogens is 1. The van der Waals surface area contributed by atoms with Crippen molar-refractivity contribution in [2.24, 2.45) is 0 Å². The molecule has 0 unspecified atom stereocenters. The molecule has 0 aliphatic carbocycles. The van der Waals surface area contributed by atoms with Crippen molar-refractivity contribution in [1.29, 1.82) is 0 Å². The number of phenolic OH excluding ortho intramolecular Hbond substituents is 1. The third kappa shape index (κ3) is 2.44. The van der Waals surface area contributed by atoms with E-state index in [4.69, 9.17) is 4.42 Å². The second-order valence-corrected chi connectivity index (χ2v) is 3.77. The van der Waals surface area contributed by atoms with Gasteiger partial charge in [-0.25, -0.2) is 0 Å². The van der Waals surface area contributed by atoms with Gasteiger partial charge in [0, 0.05) is 0 Å². The molecule has 17 heavy (non-hydrogen) atoms. The van der Waals surface area contributed by atoms with Gasteiger partial charge in [0.1, 0.15) is 12.0 Å². The number of aryl methyl sites for hydroxylation is 2. The number of carbonyl (C=O) groups is 1. The minimum atomic E-state index is -0.454. The standard InChI is InChI=1S/C12H12N2O3/c1-7-3-4-9(10(15)5-7)11(16)14-12-13-8(2)6-17-12/h3-6,15H,1-2H3,(H,13,14,16). The van der Waals surface area contributed by atoms with Crippen LogP contribution in [0.5, 0.6) is 5.75 Å². The predicted molar refractivity (Wildman–Crippen MR) is 62.0 cm³/mol. The molecule has 0 radical (unpaired) electrons. The summed E-state index contributed by atoms with van der Waals surface area (Å²) >= 11 is 0. The van der Waals surface area contributed by atoms with Gasteiger partial charge in [0.05, 0.1) is 11.3 Å². The zero-order chi connectivity index (χ0) is 12.4. The quantitative estimate of drug-likeness (QED) is 0.832. The highest BCUT2D eigenvalue weighted by molar-refractivity contribution is 6.05. The van der Waals surface area contributed by atoms with Crippen molar-refractivity contribution < 1.29 is 14.3 Å².